The number of rotatable bonds is 2. The average Bonchev–Trinajstić information content (AvgIpc) is 3.01. The Kier molecular flexibility index (Phi) is 2.87. The molecule has 0 spiro atoms. The number of benzene rings is 1. The van der Waals surface area contributed by atoms with Crippen molar-refractivity contribution >= 4 is 32.6 Å². The van der Waals surface area contributed by atoms with E-state index in [9.17, 15) is 4.79 Å². The molecule has 22 heavy (non-hydrogen) atoms. The molecular formula is C16H14N4OS. The molecule has 0 aliphatic heterocycles. The van der Waals surface area contributed by atoms with Crippen molar-refractivity contribution in [1.29, 1.82) is 0 Å². The van der Waals surface area contributed by atoms with Gasteiger partial charge in [-0.05, 0) is 12.5 Å². The molecular weight excluding hydrogens is 296 g/mol. The monoisotopic (exact) mass is 310 g/mol. The molecule has 4 aromatic rings. The fourth-order valence-electron chi connectivity index (χ4n) is 2.77. The second-order valence-electron chi connectivity index (χ2n) is 5.30. The molecule has 0 radical (unpaired) electrons. The first-order valence-corrected chi connectivity index (χ1v) is 7.82. The van der Waals surface area contributed by atoms with E-state index in [1.807, 2.05) is 48.9 Å². The first kappa shape index (κ1) is 13.2. The highest BCUT2D eigenvalue weighted by atomic mass is 32.1. The van der Waals surface area contributed by atoms with Gasteiger partial charge in [-0.15, -0.1) is 11.3 Å². The molecule has 0 aliphatic rings. The number of nitrogens with zero attached hydrogens (tertiary/aromatic N) is 4. The molecule has 4 rings (SSSR count). The maximum atomic E-state index is 12.8. The van der Waals surface area contributed by atoms with Gasteiger partial charge < -0.3 is 4.57 Å². The van der Waals surface area contributed by atoms with E-state index in [1.54, 1.807) is 17.5 Å². The molecule has 0 fully saturated rings. The summed E-state index contributed by atoms with van der Waals surface area (Å²) in [6.07, 6.45) is 1.75. The summed E-state index contributed by atoms with van der Waals surface area (Å²) in [6.45, 7) is 2.45. The minimum atomic E-state index is -0.0771. The van der Waals surface area contributed by atoms with Gasteiger partial charge in [-0.3, -0.25) is 4.79 Å². The van der Waals surface area contributed by atoms with Crippen LogP contribution < -0.4 is 5.56 Å². The first-order chi connectivity index (χ1) is 10.6. The highest BCUT2D eigenvalue weighted by Gasteiger charge is 2.17. The van der Waals surface area contributed by atoms with Crippen molar-refractivity contribution in [2.24, 2.45) is 7.05 Å². The summed E-state index contributed by atoms with van der Waals surface area (Å²) >= 11 is 1.60. The van der Waals surface area contributed by atoms with E-state index in [-0.39, 0.29) is 5.56 Å². The van der Waals surface area contributed by atoms with Gasteiger partial charge in [-0.25, -0.2) is 9.67 Å². The van der Waals surface area contributed by atoms with Gasteiger partial charge >= 0.3 is 0 Å². The lowest BCUT2D eigenvalue weighted by molar-refractivity contribution is 0.644. The molecule has 0 bridgehead atoms. The average molecular weight is 310 g/mol. The van der Waals surface area contributed by atoms with Crippen LogP contribution in [0.5, 0.6) is 0 Å². The molecule has 0 aliphatic carbocycles. The normalized spacial score (nSPS) is 11.5. The molecule has 3 heterocycles. The van der Waals surface area contributed by atoms with Crippen molar-refractivity contribution in [1.82, 2.24) is 19.3 Å². The number of aryl methyl sites for hydroxylation is 2. The maximum absolute atomic E-state index is 12.8. The summed E-state index contributed by atoms with van der Waals surface area (Å²) in [7, 11) is 1.91. The molecule has 0 atom stereocenters. The highest BCUT2D eigenvalue weighted by molar-refractivity contribution is 7.18. The molecule has 0 saturated heterocycles. The van der Waals surface area contributed by atoms with Gasteiger partial charge in [0.05, 0.1) is 23.1 Å². The van der Waals surface area contributed by atoms with Gasteiger partial charge in [0.2, 0.25) is 0 Å². The van der Waals surface area contributed by atoms with Gasteiger partial charge in [0.1, 0.15) is 15.9 Å². The first-order valence-electron chi connectivity index (χ1n) is 7.00. The zero-order valence-electron chi connectivity index (χ0n) is 12.3. The topological polar surface area (TPSA) is 52.7 Å². The Balaban J connectivity index is 1.94. The fourth-order valence-corrected chi connectivity index (χ4v) is 3.66. The summed E-state index contributed by atoms with van der Waals surface area (Å²) in [4.78, 5) is 18.3. The molecule has 0 N–H and O–H groups in total. The van der Waals surface area contributed by atoms with E-state index in [4.69, 9.17) is 0 Å². The smallest absolute Gasteiger partial charge is 0.291 e. The van der Waals surface area contributed by atoms with Crippen LogP contribution in [-0.4, -0.2) is 19.3 Å². The number of hydrogen-bond donors (Lipinski definition) is 0. The van der Waals surface area contributed by atoms with Crippen molar-refractivity contribution in [2.75, 3.05) is 0 Å². The zero-order chi connectivity index (χ0) is 15.3. The summed E-state index contributed by atoms with van der Waals surface area (Å²) in [5, 5.41) is 6.16. The summed E-state index contributed by atoms with van der Waals surface area (Å²) < 4.78 is 3.44. The Hall–Kier alpha value is -2.47. The maximum Gasteiger partial charge on any atom is 0.291 e. The van der Waals surface area contributed by atoms with Crippen LogP contribution in [0.2, 0.25) is 0 Å². The molecule has 1 aromatic carbocycles. The van der Waals surface area contributed by atoms with Crippen LogP contribution in [0, 0.1) is 6.92 Å². The Morgan fingerprint density at radius 1 is 1.23 bits per heavy atom. The predicted molar refractivity (Wildman–Crippen MR) is 88.4 cm³/mol. The largest absolute Gasteiger partial charge is 0.329 e. The number of aromatic nitrogens is 4. The molecule has 0 saturated carbocycles. The number of hydrogen-bond acceptors (Lipinski definition) is 4. The van der Waals surface area contributed by atoms with Gasteiger partial charge in [-0.1, -0.05) is 30.3 Å². The summed E-state index contributed by atoms with van der Waals surface area (Å²) in [6, 6.07) is 9.87. The number of thiazole rings is 1. The van der Waals surface area contributed by atoms with Crippen LogP contribution in [-0.2, 0) is 13.6 Å². The molecule has 110 valence electrons. The molecule has 6 heteroatoms. The van der Waals surface area contributed by atoms with Crippen molar-refractivity contribution in [3.8, 4) is 0 Å². The van der Waals surface area contributed by atoms with Crippen molar-refractivity contribution < 1.29 is 0 Å². The van der Waals surface area contributed by atoms with Crippen LogP contribution in [0.25, 0.3) is 21.3 Å². The van der Waals surface area contributed by atoms with Crippen LogP contribution in [0.15, 0.2) is 41.3 Å². The van der Waals surface area contributed by atoms with E-state index >= 15 is 0 Å². The third-order valence-corrected chi connectivity index (χ3v) is 4.85. The molecule has 0 amide bonds. The second kappa shape index (κ2) is 4.78. The zero-order valence-corrected chi connectivity index (χ0v) is 13.1. The van der Waals surface area contributed by atoms with E-state index in [2.05, 4.69) is 10.1 Å². The third kappa shape index (κ3) is 1.88. The molecule has 0 unspecified atom stereocenters. The highest BCUT2D eigenvalue weighted by Crippen LogP contribution is 2.29. The quantitative estimate of drug-likeness (QED) is 0.572. The predicted octanol–water partition coefficient (Wildman–Crippen LogP) is 2.70. The van der Waals surface area contributed by atoms with Crippen LogP contribution in [0.3, 0.4) is 0 Å². The van der Waals surface area contributed by atoms with Crippen molar-refractivity contribution in [2.45, 2.75) is 13.5 Å². The van der Waals surface area contributed by atoms with Crippen LogP contribution >= 0.6 is 11.3 Å². The van der Waals surface area contributed by atoms with Gasteiger partial charge in [-0.2, -0.15) is 5.10 Å². The lowest BCUT2D eigenvalue weighted by atomic mass is 10.2. The van der Waals surface area contributed by atoms with E-state index < -0.39 is 0 Å². The summed E-state index contributed by atoms with van der Waals surface area (Å²) in [5.74, 6) is 0. The van der Waals surface area contributed by atoms with Crippen molar-refractivity contribution in [3.63, 3.8) is 0 Å². The Morgan fingerprint density at radius 3 is 2.77 bits per heavy atom. The lowest BCUT2D eigenvalue weighted by Crippen LogP contribution is -2.24. The Morgan fingerprint density at radius 2 is 2.00 bits per heavy atom. The van der Waals surface area contributed by atoms with E-state index in [1.165, 1.54) is 4.68 Å². The minimum Gasteiger partial charge on any atom is -0.329 e. The second-order valence-corrected chi connectivity index (χ2v) is 6.48. The fraction of sp³-hybridized carbons (Fsp3) is 0.188. The lowest BCUT2D eigenvalue weighted by Gasteiger charge is -2.05. The summed E-state index contributed by atoms with van der Waals surface area (Å²) in [5.41, 5.74) is 2.52. The molecule has 5 nitrogen and oxygen atoms in total. The minimum absolute atomic E-state index is 0.0771. The SMILES string of the molecule is Cc1nc2c3cnn(Cc4ccccc4)c(=O)c3n(C)c2s1. The van der Waals surface area contributed by atoms with Crippen LogP contribution in [0.1, 0.15) is 10.6 Å². The van der Waals surface area contributed by atoms with Crippen molar-refractivity contribution in [3.05, 3.63) is 57.5 Å². The third-order valence-electron chi connectivity index (χ3n) is 3.80. The van der Waals surface area contributed by atoms with Crippen LogP contribution in [0.4, 0.5) is 0 Å². The van der Waals surface area contributed by atoms with E-state index in [0.717, 1.165) is 26.3 Å². The van der Waals surface area contributed by atoms with Gasteiger partial charge in [0.15, 0.2) is 0 Å². The standard InChI is InChI=1S/C16H14N4OS/c1-10-18-13-12-8-17-20(9-11-6-4-3-5-7-11)15(21)14(12)19(2)16(13)22-10/h3-8H,9H2,1-2H3. The molecule has 3 aromatic heterocycles. The van der Waals surface area contributed by atoms with Gasteiger partial charge in [0.25, 0.3) is 5.56 Å². The Labute approximate surface area is 130 Å². The van der Waals surface area contributed by atoms with E-state index in [0.29, 0.717) is 12.1 Å². The van der Waals surface area contributed by atoms with Gasteiger partial charge in [0, 0.05) is 7.05 Å². The number of fused-ring (bicyclic) bond motifs is 3. The Bertz CT molecular complexity index is 1040.